The molecule has 1 atom stereocenters. The molecule has 6 heteroatoms. The number of fused-ring (bicyclic) bond motifs is 1. The Morgan fingerprint density at radius 3 is 1.84 bits per heavy atom. The molecule has 0 aliphatic carbocycles. The third-order valence-corrected chi connectivity index (χ3v) is 4.38. The van der Waals surface area contributed by atoms with Crippen molar-refractivity contribution >= 4 is 0 Å². The van der Waals surface area contributed by atoms with E-state index in [0.29, 0.717) is 23.0 Å². The fourth-order valence-electron chi connectivity index (χ4n) is 2.99. The molecule has 0 spiro atoms. The van der Waals surface area contributed by atoms with E-state index in [2.05, 4.69) is 6.92 Å². The summed E-state index contributed by atoms with van der Waals surface area (Å²) in [4.78, 5) is 0. The second kappa shape index (κ2) is 7.01. The van der Waals surface area contributed by atoms with Crippen LogP contribution in [0.1, 0.15) is 24.0 Å². The molecule has 0 aromatic heterocycles. The molecule has 1 aliphatic heterocycles. The van der Waals surface area contributed by atoms with Gasteiger partial charge in [-0.3, -0.25) is 0 Å². The summed E-state index contributed by atoms with van der Waals surface area (Å²) in [6.45, 7) is 2.31. The van der Waals surface area contributed by atoms with Gasteiger partial charge < -0.3 is 28.4 Å². The first-order valence-electron chi connectivity index (χ1n) is 7.90. The first-order chi connectivity index (χ1) is 12.1. The molecule has 0 bridgehead atoms. The number of hydrogen-bond donors (Lipinski definition) is 0. The average Bonchev–Trinajstić information content (AvgIpc) is 3.12. The minimum Gasteiger partial charge on any atom is -0.496 e. The fourth-order valence-corrected chi connectivity index (χ4v) is 2.99. The highest BCUT2D eigenvalue weighted by Crippen LogP contribution is 2.45. The highest BCUT2D eigenvalue weighted by atomic mass is 16.7. The topological polar surface area (TPSA) is 55.4 Å². The van der Waals surface area contributed by atoms with Crippen LogP contribution in [-0.2, 0) is 0 Å². The molecule has 0 radical (unpaired) electrons. The number of methoxy groups -OCH3 is 4. The molecule has 6 nitrogen and oxygen atoms in total. The van der Waals surface area contributed by atoms with Crippen molar-refractivity contribution in [1.82, 2.24) is 0 Å². The number of rotatable bonds is 6. The van der Waals surface area contributed by atoms with Crippen LogP contribution in [0, 0.1) is 0 Å². The molecular formula is C19H22O6. The van der Waals surface area contributed by atoms with Crippen molar-refractivity contribution in [3.8, 4) is 34.5 Å². The van der Waals surface area contributed by atoms with Crippen LogP contribution in [-0.4, -0.2) is 35.2 Å². The van der Waals surface area contributed by atoms with Crippen LogP contribution >= 0.6 is 0 Å². The minimum atomic E-state index is 0.0122. The number of hydrogen-bond acceptors (Lipinski definition) is 6. The Bertz CT molecular complexity index is 746. The van der Waals surface area contributed by atoms with Gasteiger partial charge >= 0.3 is 0 Å². The molecule has 0 saturated heterocycles. The highest BCUT2D eigenvalue weighted by Gasteiger charge is 2.23. The molecule has 2 aromatic rings. The Morgan fingerprint density at radius 1 is 0.760 bits per heavy atom. The van der Waals surface area contributed by atoms with Gasteiger partial charge in [-0.25, -0.2) is 0 Å². The Morgan fingerprint density at radius 2 is 1.32 bits per heavy atom. The third-order valence-electron chi connectivity index (χ3n) is 4.38. The van der Waals surface area contributed by atoms with Crippen LogP contribution in [0.25, 0.3) is 0 Å². The standard InChI is InChI=1S/C19H22O6/c1-11(12-6-17(21-3)19(23-5)18(7-12)22-4)13-8-15-16(25-10-24-15)9-14(13)20-2/h6-9,11H,10H2,1-5H3/t11-/m1/s1. The van der Waals surface area contributed by atoms with Crippen LogP contribution in [0.4, 0.5) is 0 Å². The SMILES string of the molecule is COc1cc2c(cc1[C@H](C)c1cc(OC)c(OC)c(OC)c1)OCO2. The predicted octanol–water partition coefficient (Wildman–Crippen LogP) is 3.60. The summed E-state index contributed by atoms with van der Waals surface area (Å²) >= 11 is 0. The molecule has 0 saturated carbocycles. The van der Waals surface area contributed by atoms with Gasteiger partial charge in [-0.15, -0.1) is 0 Å². The zero-order valence-electron chi connectivity index (χ0n) is 15.0. The number of benzene rings is 2. The lowest BCUT2D eigenvalue weighted by atomic mass is 9.91. The van der Waals surface area contributed by atoms with Crippen molar-refractivity contribution < 1.29 is 28.4 Å². The minimum absolute atomic E-state index is 0.0122. The van der Waals surface area contributed by atoms with Gasteiger partial charge in [0.05, 0.1) is 28.4 Å². The first-order valence-corrected chi connectivity index (χ1v) is 7.90. The van der Waals surface area contributed by atoms with Crippen LogP contribution in [0.5, 0.6) is 34.5 Å². The Balaban J connectivity index is 2.08. The highest BCUT2D eigenvalue weighted by molar-refractivity contribution is 5.58. The maximum atomic E-state index is 5.55. The zero-order valence-corrected chi connectivity index (χ0v) is 15.0. The summed E-state index contributed by atoms with van der Waals surface area (Å²) < 4.78 is 32.8. The fraction of sp³-hybridized carbons (Fsp3) is 0.368. The van der Waals surface area contributed by atoms with E-state index in [1.807, 2.05) is 24.3 Å². The summed E-state index contributed by atoms with van der Waals surface area (Å²) in [5.41, 5.74) is 1.99. The monoisotopic (exact) mass is 346 g/mol. The lowest BCUT2D eigenvalue weighted by Crippen LogP contribution is -2.03. The normalized spacial score (nSPS) is 13.3. The molecule has 0 fully saturated rings. The van der Waals surface area contributed by atoms with E-state index in [1.54, 1.807) is 28.4 Å². The van der Waals surface area contributed by atoms with Crippen molar-refractivity contribution in [2.24, 2.45) is 0 Å². The second-order valence-electron chi connectivity index (χ2n) is 5.63. The van der Waals surface area contributed by atoms with E-state index >= 15 is 0 Å². The van der Waals surface area contributed by atoms with Crippen molar-refractivity contribution in [2.75, 3.05) is 35.2 Å². The Kier molecular flexibility index (Phi) is 4.79. The van der Waals surface area contributed by atoms with Gasteiger partial charge in [0, 0.05) is 17.5 Å². The lowest BCUT2D eigenvalue weighted by molar-refractivity contribution is 0.174. The quantitative estimate of drug-likeness (QED) is 0.797. The molecule has 0 N–H and O–H groups in total. The molecule has 2 aromatic carbocycles. The average molecular weight is 346 g/mol. The Labute approximate surface area is 147 Å². The third kappa shape index (κ3) is 2.99. The van der Waals surface area contributed by atoms with Crippen molar-refractivity contribution in [1.29, 1.82) is 0 Å². The first kappa shape index (κ1) is 17.1. The Hall–Kier alpha value is -2.76. The summed E-state index contributed by atoms with van der Waals surface area (Å²) in [6.07, 6.45) is 0. The van der Waals surface area contributed by atoms with Crippen molar-refractivity contribution in [3.63, 3.8) is 0 Å². The lowest BCUT2D eigenvalue weighted by Gasteiger charge is -2.20. The van der Waals surface area contributed by atoms with Gasteiger partial charge in [0.15, 0.2) is 23.0 Å². The second-order valence-corrected chi connectivity index (χ2v) is 5.63. The predicted molar refractivity (Wildman–Crippen MR) is 92.7 cm³/mol. The van der Waals surface area contributed by atoms with Gasteiger partial charge in [0.1, 0.15) is 5.75 Å². The van der Waals surface area contributed by atoms with Crippen LogP contribution < -0.4 is 28.4 Å². The van der Waals surface area contributed by atoms with E-state index in [9.17, 15) is 0 Å². The van der Waals surface area contributed by atoms with Crippen LogP contribution in [0.15, 0.2) is 24.3 Å². The molecule has 1 heterocycles. The molecule has 0 amide bonds. The molecule has 1 aliphatic rings. The van der Waals surface area contributed by atoms with Gasteiger partial charge in [0.2, 0.25) is 12.5 Å². The van der Waals surface area contributed by atoms with Crippen molar-refractivity contribution in [2.45, 2.75) is 12.8 Å². The molecule has 3 rings (SSSR count). The molecule has 134 valence electrons. The van der Waals surface area contributed by atoms with Crippen molar-refractivity contribution in [3.05, 3.63) is 35.4 Å². The molecule has 0 unspecified atom stereocenters. The van der Waals surface area contributed by atoms with E-state index in [-0.39, 0.29) is 12.7 Å². The van der Waals surface area contributed by atoms with E-state index in [0.717, 1.165) is 22.6 Å². The summed E-state index contributed by atoms with van der Waals surface area (Å²) in [6, 6.07) is 7.69. The van der Waals surface area contributed by atoms with Gasteiger partial charge in [-0.1, -0.05) is 6.92 Å². The van der Waals surface area contributed by atoms with E-state index < -0.39 is 0 Å². The smallest absolute Gasteiger partial charge is 0.231 e. The molecular weight excluding hydrogens is 324 g/mol. The van der Waals surface area contributed by atoms with Gasteiger partial charge in [0.25, 0.3) is 0 Å². The summed E-state index contributed by atoms with van der Waals surface area (Å²) in [5.74, 6) is 3.96. The summed E-state index contributed by atoms with van der Waals surface area (Å²) in [7, 11) is 6.44. The number of ether oxygens (including phenoxy) is 6. The van der Waals surface area contributed by atoms with Gasteiger partial charge in [-0.05, 0) is 23.8 Å². The van der Waals surface area contributed by atoms with E-state index in [1.165, 1.54) is 0 Å². The maximum Gasteiger partial charge on any atom is 0.231 e. The van der Waals surface area contributed by atoms with Crippen LogP contribution in [0.2, 0.25) is 0 Å². The molecule has 25 heavy (non-hydrogen) atoms. The zero-order chi connectivity index (χ0) is 18.0. The van der Waals surface area contributed by atoms with Gasteiger partial charge in [-0.2, -0.15) is 0 Å². The largest absolute Gasteiger partial charge is 0.496 e. The summed E-state index contributed by atoms with van der Waals surface area (Å²) in [5, 5.41) is 0. The van der Waals surface area contributed by atoms with E-state index in [4.69, 9.17) is 28.4 Å². The van der Waals surface area contributed by atoms with Crippen LogP contribution in [0.3, 0.4) is 0 Å². The maximum absolute atomic E-state index is 5.55.